The van der Waals surface area contributed by atoms with Gasteiger partial charge in [-0.2, -0.15) is 0 Å². The average Bonchev–Trinajstić information content (AvgIpc) is 2.84. The van der Waals surface area contributed by atoms with E-state index in [4.69, 9.17) is 40.6 Å². The molecular weight excluding hydrogens is 464 g/mol. The molecule has 1 heterocycles. The largest absolute Gasteiger partial charge is 0.493 e. The van der Waals surface area contributed by atoms with Gasteiger partial charge in [-0.3, -0.25) is 4.90 Å². The highest BCUT2D eigenvalue weighted by atomic mass is 32.2. The Bertz CT molecular complexity index is 968. The normalized spacial score (nSPS) is 18.7. The Morgan fingerprint density at radius 2 is 1.06 bits per heavy atom. The predicted molar refractivity (Wildman–Crippen MR) is 133 cm³/mol. The van der Waals surface area contributed by atoms with E-state index >= 15 is 0 Å². The van der Waals surface area contributed by atoms with Crippen LogP contribution in [-0.4, -0.2) is 70.9 Å². The van der Waals surface area contributed by atoms with E-state index < -0.39 is 0 Å². The first kappa shape index (κ1) is 25.1. The molecule has 1 aliphatic heterocycles. The molecule has 1 fully saturated rings. The quantitative estimate of drug-likeness (QED) is 0.496. The lowest BCUT2D eigenvalue weighted by Crippen LogP contribution is -2.45. The number of nitrogens with zero attached hydrogens (tertiary/aromatic N) is 2. The molecule has 180 valence electrons. The third kappa shape index (κ3) is 4.60. The lowest BCUT2D eigenvalue weighted by molar-refractivity contribution is 0.121. The minimum absolute atomic E-state index is 0.105. The van der Waals surface area contributed by atoms with Crippen LogP contribution in [0.1, 0.15) is 22.7 Å². The second-order valence-electron chi connectivity index (χ2n) is 7.30. The fraction of sp³-hybridized carbons (Fsp3) is 0.435. The number of thioether (sulfide) groups is 1. The van der Waals surface area contributed by atoms with Gasteiger partial charge in [-0.15, -0.1) is 0 Å². The molecule has 1 saturated heterocycles. The molecule has 2 aromatic rings. The van der Waals surface area contributed by atoms with Crippen molar-refractivity contribution >= 4 is 28.3 Å². The summed E-state index contributed by atoms with van der Waals surface area (Å²) in [7, 11) is 13.6. The second kappa shape index (κ2) is 10.6. The maximum Gasteiger partial charge on any atom is 0.203 e. The summed E-state index contributed by atoms with van der Waals surface area (Å²) in [5.74, 6) is 3.45. The maximum absolute atomic E-state index is 5.77. The van der Waals surface area contributed by atoms with Gasteiger partial charge in [-0.25, -0.2) is 0 Å². The molecule has 8 nitrogen and oxygen atoms in total. The van der Waals surface area contributed by atoms with Crippen molar-refractivity contribution in [1.29, 1.82) is 0 Å². The molecule has 1 aliphatic rings. The smallest absolute Gasteiger partial charge is 0.203 e. The van der Waals surface area contributed by atoms with E-state index in [0.717, 1.165) is 15.4 Å². The molecule has 0 radical (unpaired) electrons. The number of thiocarbonyl (C=S) groups is 1. The van der Waals surface area contributed by atoms with Gasteiger partial charge in [0.15, 0.2) is 23.0 Å². The Kier molecular flexibility index (Phi) is 8.04. The maximum atomic E-state index is 5.77. The van der Waals surface area contributed by atoms with Gasteiger partial charge in [0, 0.05) is 7.05 Å². The Balaban J connectivity index is 2.11. The average molecular weight is 495 g/mol. The number of rotatable bonds is 8. The summed E-state index contributed by atoms with van der Waals surface area (Å²) in [5, 5.41) is -0.105. The number of hydrogen-bond donors (Lipinski definition) is 0. The highest BCUT2D eigenvalue weighted by Crippen LogP contribution is 2.50. The van der Waals surface area contributed by atoms with Crippen LogP contribution in [0.5, 0.6) is 34.5 Å². The number of methoxy groups -OCH3 is 6. The molecule has 0 bridgehead atoms. The molecule has 0 aromatic heterocycles. The number of ether oxygens (including phenoxy) is 6. The minimum Gasteiger partial charge on any atom is -0.493 e. The van der Waals surface area contributed by atoms with Crippen LogP contribution in [0, 0.1) is 0 Å². The lowest BCUT2D eigenvalue weighted by atomic mass is 10.1. The molecule has 2 aromatic carbocycles. The molecule has 3 rings (SSSR count). The Labute approximate surface area is 204 Å². The zero-order chi connectivity index (χ0) is 24.3. The van der Waals surface area contributed by atoms with Crippen molar-refractivity contribution in [2.45, 2.75) is 11.5 Å². The van der Waals surface area contributed by atoms with E-state index in [1.165, 1.54) is 0 Å². The molecule has 0 saturated carbocycles. The summed E-state index contributed by atoms with van der Waals surface area (Å²) in [4.78, 5) is 4.27. The Morgan fingerprint density at radius 1 is 0.667 bits per heavy atom. The molecule has 0 spiro atoms. The first-order valence-electron chi connectivity index (χ1n) is 10.1. The molecule has 0 aliphatic carbocycles. The molecular formula is C23H30N2O6S2. The zero-order valence-corrected chi connectivity index (χ0v) is 21.8. The third-order valence-electron chi connectivity index (χ3n) is 5.58. The Morgan fingerprint density at radius 3 is 1.42 bits per heavy atom. The van der Waals surface area contributed by atoms with Crippen LogP contribution in [0.3, 0.4) is 0 Å². The predicted octanol–water partition coefficient (Wildman–Crippen LogP) is 4.33. The molecule has 2 unspecified atom stereocenters. The van der Waals surface area contributed by atoms with E-state index in [-0.39, 0.29) is 11.5 Å². The number of hydrogen-bond acceptors (Lipinski definition) is 9. The summed E-state index contributed by atoms with van der Waals surface area (Å²) in [5.41, 5.74) is 1.93. The minimum atomic E-state index is -0.184. The third-order valence-corrected chi connectivity index (χ3v) is 7.47. The van der Waals surface area contributed by atoms with Crippen molar-refractivity contribution in [1.82, 2.24) is 9.80 Å². The molecule has 0 N–H and O–H groups in total. The number of benzene rings is 2. The van der Waals surface area contributed by atoms with E-state index in [9.17, 15) is 0 Å². The fourth-order valence-electron chi connectivity index (χ4n) is 4.02. The van der Waals surface area contributed by atoms with Crippen molar-refractivity contribution in [2.75, 3.05) is 56.8 Å². The van der Waals surface area contributed by atoms with Crippen LogP contribution in [0.2, 0.25) is 0 Å². The van der Waals surface area contributed by atoms with Crippen molar-refractivity contribution in [3.05, 3.63) is 35.4 Å². The molecule has 2 atom stereocenters. The van der Waals surface area contributed by atoms with Crippen LogP contribution in [-0.2, 0) is 0 Å². The monoisotopic (exact) mass is 494 g/mol. The first-order valence-corrected chi connectivity index (χ1v) is 11.4. The van der Waals surface area contributed by atoms with Crippen molar-refractivity contribution in [3.8, 4) is 34.5 Å². The highest BCUT2D eigenvalue weighted by molar-refractivity contribution is 8.23. The van der Waals surface area contributed by atoms with Gasteiger partial charge in [-0.1, -0.05) is 24.0 Å². The van der Waals surface area contributed by atoms with E-state index in [2.05, 4.69) is 9.80 Å². The van der Waals surface area contributed by atoms with Gasteiger partial charge in [0.2, 0.25) is 11.5 Å². The Hall–Kier alpha value is -2.56. The standard InChI is InChI=1S/C23H30N2O6S2/c1-24-21(13-9-15(26-3)19(30-7)16(10-13)27-4)25(2)23(32)33-22(24)14-11-17(28-5)20(31-8)18(12-14)29-6/h9-12,21-22H,1-8H3. The summed E-state index contributed by atoms with van der Waals surface area (Å²) in [6.07, 6.45) is -0.184. The molecule has 0 amide bonds. The summed E-state index contributed by atoms with van der Waals surface area (Å²) in [6, 6.07) is 7.80. The van der Waals surface area contributed by atoms with Crippen molar-refractivity contribution in [3.63, 3.8) is 0 Å². The zero-order valence-electron chi connectivity index (χ0n) is 20.1. The van der Waals surface area contributed by atoms with Crippen LogP contribution < -0.4 is 28.4 Å². The summed E-state index contributed by atoms with van der Waals surface area (Å²) < 4.78 is 34.0. The van der Waals surface area contributed by atoms with E-state index in [0.29, 0.717) is 34.5 Å². The van der Waals surface area contributed by atoms with Gasteiger partial charge in [0.05, 0.1) is 48.0 Å². The van der Waals surface area contributed by atoms with Gasteiger partial charge in [0.25, 0.3) is 0 Å². The van der Waals surface area contributed by atoms with Crippen LogP contribution >= 0.6 is 24.0 Å². The van der Waals surface area contributed by atoms with Crippen molar-refractivity contribution in [2.24, 2.45) is 0 Å². The van der Waals surface area contributed by atoms with E-state index in [1.54, 1.807) is 54.4 Å². The molecule has 33 heavy (non-hydrogen) atoms. The fourth-order valence-corrected chi connectivity index (χ4v) is 5.40. The van der Waals surface area contributed by atoms with Crippen LogP contribution in [0.15, 0.2) is 24.3 Å². The van der Waals surface area contributed by atoms with Crippen molar-refractivity contribution < 1.29 is 28.4 Å². The topological polar surface area (TPSA) is 61.9 Å². The van der Waals surface area contributed by atoms with Crippen LogP contribution in [0.25, 0.3) is 0 Å². The SMILES string of the molecule is COc1cc(C2SC(=S)N(C)C(c3cc(OC)c(OC)c(OC)c3)N2C)cc(OC)c1OC. The van der Waals surface area contributed by atoms with Gasteiger partial charge < -0.3 is 33.3 Å². The van der Waals surface area contributed by atoms with Gasteiger partial charge in [0.1, 0.15) is 10.5 Å². The lowest BCUT2D eigenvalue weighted by Gasteiger charge is -2.46. The first-order chi connectivity index (χ1) is 15.8. The summed E-state index contributed by atoms with van der Waals surface area (Å²) >= 11 is 7.34. The van der Waals surface area contributed by atoms with Gasteiger partial charge >= 0.3 is 0 Å². The van der Waals surface area contributed by atoms with Gasteiger partial charge in [-0.05, 0) is 42.4 Å². The molecule has 10 heteroatoms. The van der Waals surface area contributed by atoms with E-state index in [1.807, 2.05) is 38.4 Å². The second-order valence-corrected chi connectivity index (χ2v) is 9.02. The summed E-state index contributed by atoms with van der Waals surface area (Å²) in [6.45, 7) is 0. The van der Waals surface area contributed by atoms with Crippen LogP contribution in [0.4, 0.5) is 0 Å². The highest BCUT2D eigenvalue weighted by Gasteiger charge is 2.38.